The van der Waals surface area contributed by atoms with Crippen molar-refractivity contribution >= 4 is 27.5 Å². The maximum absolute atomic E-state index is 12.7. The zero-order chi connectivity index (χ0) is 22.4. The van der Waals surface area contributed by atoms with Gasteiger partial charge in [0.05, 0.1) is 16.7 Å². The van der Waals surface area contributed by atoms with Crippen LogP contribution < -0.4 is 16.4 Å². The molecule has 0 aliphatic carbocycles. The Bertz CT molecular complexity index is 1180. The Morgan fingerprint density at radius 2 is 1.61 bits per heavy atom. The van der Waals surface area contributed by atoms with Crippen LogP contribution in [0.5, 0.6) is 0 Å². The number of nitrogens with one attached hydrogen (secondary N) is 2. The van der Waals surface area contributed by atoms with Crippen LogP contribution in [0.15, 0.2) is 83.8 Å². The van der Waals surface area contributed by atoms with Crippen LogP contribution in [0.25, 0.3) is 0 Å². The number of hydrogen-bond donors (Lipinski definition) is 3. The van der Waals surface area contributed by atoms with Gasteiger partial charge in [-0.05, 0) is 54.4 Å². The molecule has 0 bridgehead atoms. The highest BCUT2D eigenvalue weighted by Crippen LogP contribution is 2.19. The van der Waals surface area contributed by atoms with Crippen molar-refractivity contribution in [2.24, 2.45) is 5.73 Å². The van der Waals surface area contributed by atoms with E-state index in [1.807, 2.05) is 6.92 Å². The third-order valence-electron chi connectivity index (χ3n) is 4.67. The van der Waals surface area contributed by atoms with E-state index in [4.69, 9.17) is 5.73 Å². The Kier molecular flexibility index (Phi) is 6.71. The third kappa shape index (κ3) is 5.93. The fraction of sp³-hybridized carbons (Fsp3) is 0.130. The Balaban J connectivity index is 1.69. The Labute approximate surface area is 181 Å². The lowest BCUT2D eigenvalue weighted by atomic mass is 10.1. The molecule has 31 heavy (non-hydrogen) atoms. The molecule has 0 saturated carbocycles. The number of anilines is 1. The quantitative estimate of drug-likeness (QED) is 0.523. The first-order valence-corrected chi connectivity index (χ1v) is 11.2. The highest BCUT2D eigenvalue weighted by atomic mass is 32.2. The van der Waals surface area contributed by atoms with Crippen LogP contribution >= 0.6 is 0 Å². The van der Waals surface area contributed by atoms with Crippen molar-refractivity contribution in [3.05, 3.63) is 95.6 Å². The van der Waals surface area contributed by atoms with Crippen molar-refractivity contribution in [3.63, 3.8) is 0 Å². The van der Waals surface area contributed by atoms with Crippen LogP contribution in [0.3, 0.4) is 0 Å². The van der Waals surface area contributed by atoms with Crippen LogP contribution in [0.2, 0.25) is 0 Å². The van der Waals surface area contributed by atoms with E-state index in [9.17, 15) is 18.0 Å². The molecule has 0 radical (unpaired) electrons. The monoisotopic (exact) mass is 437 g/mol. The van der Waals surface area contributed by atoms with Crippen LogP contribution in [0.1, 0.15) is 34.5 Å². The second-order valence-electron chi connectivity index (χ2n) is 7.08. The number of rotatable bonds is 7. The molecule has 3 aromatic rings. The van der Waals surface area contributed by atoms with E-state index in [-0.39, 0.29) is 22.6 Å². The smallest absolute Gasteiger partial charge is 0.316 e. The zero-order valence-corrected chi connectivity index (χ0v) is 17.7. The van der Waals surface area contributed by atoms with E-state index in [0.717, 1.165) is 5.56 Å². The van der Waals surface area contributed by atoms with Gasteiger partial charge in [-0.2, -0.15) is 0 Å². The predicted molar refractivity (Wildman–Crippen MR) is 119 cm³/mol. The molecule has 3 amide bonds. The van der Waals surface area contributed by atoms with E-state index in [0.29, 0.717) is 16.8 Å². The summed E-state index contributed by atoms with van der Waals surface area (Å²) in [6, 6.07) is 20.8. The van der Waals surface area contributed by atoms with E-state index in [2.05, 4.69) is 10.6 Å². The molecule has 0 aliphatic heterocycles. The number of primary amides is 1. The molecule has 0 fully saturated rings. The van der Waals surface area contributed by atoms with Gasteiger partial charge in [0, 0.05) is 11.3 Å². The van der Waals surface area contributed by atoms with Gasteiger partial charge in [-0.3, -0.25) is 4.79 Å². The first-order valence-electron chi connectivity index (χ1n) is 9.58. The highest BCUT2D eigenvalue weighted by Gasteiger charge is 2.17. The number of sulfone groups is 1. The number of amides is 3. The molecular weight excluding hydrogens is 414 g/mol. The lowest BCUT2D eigenvalue weighted by Crippen LogP contribution is -2.26. The average Bonchev–Trinajstić information content (AvgIpc) is 2.74. The van der Waals surface area contributed by atoms with Gasteiger partial charge in [0.1, 0.15) is 0 Å². The average molecular weight is 438 g/mol. The molecule has 8 heteroatoms. The fourth-order valence-electron chi connectivity index (χ4n) is 3.09. The largest absolute Gasteiger partial charge is 0.351 e. The molecule has 3 rings (SSSR count). The minimum atomic E-state index is -3.51. The Morgan fingerprint density at radius 3 is 2.26 bits per heavy atom. The molecule has 4 N–H and O–H groups in total. The molecule has 0 heterocycles. The summed E-state index contributed by atoms with van der Waals surface area (Å²) in [7, 11) is -3.51. The number of nitrogens with two attached hydrogens (primary N) is 1. The molecule has 7 nitrogen and oxygen atoms in total. The van der Waals surface area contributed by atoms with Gasteiger partial charge in [-0.15, -0.1) is 0 Å². The van der Waals surface area contributed by atoms with Crippen molar-refractivity contribution in [1.29, 1.82) is 0 Å². The molecule has 3 aromatic carbocycles. The fourth-order valence-corrected chi connectivity index (χ4v) is 4.45. The van der Waals surface area contributed by atoms with Crippen molar-refractivity contribution in [2.75, 3.05) is 5.32 Å². The summed E-state index contributed by atoms with van der Waals surface area (Å²) in [6.07, 6.45) is 0. The van der Waals surface area contributed by atoms with Crippen LogP contribution in [0.4, 0.5) is 10.5 Å². The minimum absolute atomic E-state index is 0.192. The molecule has 0 spiro atoms. The van der Waals surface area contributed by atoms with Crippen LogP contribution in [-0.4, -0.2) is 20.4 Å². The maximum atomic E-state index is 12.7. The van der Waals surface area contributed by atoms with Gasteiger partial charge in [-0.1, -0.05) is 42.5 Å². The summed E-state index contributed by atoms with van der Waals surface area (Å²) in [4.78, 5) is 23.8. The molecule has 1 atom stereocenters. The van der Waals surface area contributed by atoms with Crippen LogP contribution in [-0.2, 0) is 15.6 Å². The number of benzene rings is 3. The second kappa shape index (κ2) is 9.44. The second-order valence-corrected chi connectivity index (χ2v) is 9.07. The lowest BCUT2D eigenvalue weighted by Gasteiger charge is -2.15. The summed E-state index contributed by atoms with van der Waals surface area (Å²) >= 11 is 0. The normalized spacial score (nSPS) is 12.0. The topological polar surface area (TPSA) is 118 Å². The molecular formula is C23H23N3O4S. The summed E-state index contributed by atoms with van der Waals surface area (Å²) in [5.74, 6) is -0.507. The predicted octanol–water partition coefficient (Wildman–Crippen LogP) is 3.64. The van der Waals surface area contributed by atoms with Gasteiger partial charge in [0.15, 0.2) is 9.84 Å². The van der Waals surface area contributed by atoms with Gasteiger partial charge in [-0.25, -0.2) is 13.2 Å². The maximum Gasteiger partial charge on any atom is 0.316 e. The first-order chi connectivity index (χ1) is 14.7. The van der Waals surface area contributed by atoms with Crippen molar-refractivity contribution in [2.45, 2.75) is 23.6 Å². The van der Waals surface area contributed by atoms with Gasteiger partial charge in [0.25, 0.3) is 5.91 Å². The molecule has 0 aromatic heterocycles. The van der Waals surface area contributed by atoms with Crippen molar-refractivity contribution in [1.82, 2.24) is 5.32 Å². The zero-order valence-electron chi connectivity index (χ0n) is 16.9. The standard InChI is InChI=1S/C23H23N3O4S/c1-16(18-10-12-20(13-11-18)26-23(24)28)25-22(27)19-7-5-6-17(14-19)15-31(29,30)21-8-3-2-4-9-21/h2-14,16H,15H2,1H3,(H,25,27)(H3,24,26,28). The molecule has 1 unspecified atom stereocenters. The Hall–Kier alpha value is -3.65. The van der Waals surface area contributed by atoms with E-state index in [1.165, 1.54) is 0 Å². The van der Waals surface area contributed by atoms with Crippen molar-refractivity contribution in [3.8, 4) is 0 Å². The van der Waals surface area contributed by atoms with E-state index in [1.54, 1.807) is 78.9 Å². The highest BCUT2D eigenvalue weighted by molar-refractivity contribution is 7.90. The lowest BCUT2D eigenvalue weighted by molar-refractivity contribution is 0.0939. The Morgan fingerprint density at radius 1 is 0.935 bits per heavy atom. The van der Waals surface area contributed by atoms with E-state index < -0.39 is 15.9 Å². The van der Waals surface area contributed by atoms with Crippen molar-refractivity contribution < 1.29 is 18.0 Å². The number of urea groups is 1. The number of carbonyl (C=O) groups is 2. The summed E-state index contributed by atoms with van der Waals surface area (Å²) < 4.78 is 25.2. The minimum Gasteiger partial charge on any atom is -0.351 e. The van der Waals surface area contributed by atoms with Crippen LogP contribution in [0, 0.1) is 0 Å². The first kappa shape index (κ1) is 22.0. The van der Waals surface area contributed by atoms with E-state index >= 15 is 0 Å². The SMILES string of the molecule is CC(NC(=O)c1cccc(CS(=O)(=O)c2ccccc2)c1)c1ccc(NC(N)=O)cc1. The number of hydrogen-bond acceptors (Lipinski definition) is 4. The third-order valence-corrected chi connectivity index (χ3v) is 6.38. The molecule has 0 saturated heterocycles. The number of carbonyl (C=O) groups excluding carboxylic acids is 2. The summed E-state index contributed by atoms with van der Waals surface area (Å²) in [5, 5.41) is 5.37. The molecule has 160 valence electrons. The molecule has 0 aliphatic rings. The summed E-state index contributed by atoms with van der Waals surface area (Å²) in [5.41, 5.74) is 7.40. The van der Waals surface area contributed by atoms with Gasteiger partial charge in [0.2, 0.25) is 0 Å². The summed E-state index contributed by atoms with van der Waals surface area (Å²) in [6.45, 7) is 1.83. The van der Waals surface area contributed by atoms with Gasteiger partial charge < -0.3 is 16.4 Å². The van der Waals surface area contributed by atoms with Gasteiger partial charge >= 0.3 is 6.03 Å².